The molecule has 120 valence electrons. The van der Waals surface area contributed by atoms with E-state index >= 15 is 0 Å². The zero-order valence-electron chi connectivity index (χ0n) is 13.2. The predicted molar refractivity (Wildman–Crippen MR) is 94.8 cm³/mol. The number of hydrogen-bond donors (Lipinski definition) is 1. The Labute approximate surface area is 137 Å². The van der Waals surface area contributed by atoms with Crippen molar-refractivity contribution in [3.63, 3.8) is 0 Å². The molecule has 0 saturated carbocycles. The molecule has 5 heteroatoms. The molecule has 0 radical (unpaired) electrons. The van der Waals surface area contributed by atoms with Crippen LogP contribution in [0.4, 0.5) is 0 Å². The van der Waals surface area contributed by atoms with Crippen LogP contribution in [0.5, 0.6) is 0 Å². The molecule has 0 aliphatic carbocycles. The highest BCUT2D eigenvalue weighted by atomic mass is 32.2. The Morgan fingerprint density at radius 1 is 1.09 bits per heavy atom. The maximum Gasteiger partial charge on any atom is 0.214 e. The topological polar surface area (TPSA) is 46.2 Å². The summed E-state index contributed by atoms with van der Waals surface area (Å²) in [5.41, 5.74) is 3.42. The first kappa shape index (κ1) is 17.2. The van der Waals surface area contributed by atoms with E-state index < -0.39 is 15.3 Å². The van der Waals surface area contributed by atoms with Crippen LogP contribution in [-0.2, 0) is 10.0 Å². The second-order valence-electron chi connectivity index (χ2n) is 5.57. The number of benzene rings is 1. The van der Waals surface area contributed by atoms with Crippen molar-refractivity contribution in [2.45, 2.75) is 38.4 Å². The zero-order valence-corrected chi connectivity index (χ0v) is 14.9. The molecule has 2 aromatic rings. The summed E-state index contributed by atoms with van der Waals surface area (Å²) in [5.74, 6) is -0.0501. The summed E-state index contributed by atoms with van der Waals surface area (Å²) in [5, 5.41) is 3.71. The number of thiophene rings is 1. The molecule has 3 nitrogen and oxygen atoms in total. The van der Waals surface area contributed by atoms with E-state index in [4.69, 9.17) is 0 Å². The van der Waals surface area contributed by atoms with Gasteiger partial charge in [0.2, 0.25) is 10.0 Å². The van der Waals surface area contributed by atoms with Crippen molar-refractivity contribution in [3.8, 4) is 11.1 Å². The lowest BCUT2D eigenvalue weighted by Crippen LogP contribution is -2.35. The van der Waals surface area contributed by atoms with Crippen LogP contribution in [-0.4, -0.2) is 20.2 Å². The van der Waals surface area contributed by atoms with Gasteiger partial charge < -0.3 is 0 Å². The second kappa shape index (κ2) is 7.40. The van der Waals surface area contributed by atoms with Gasteiger partial charge in [0.05, 0.1) is 5.25 Å². The van der Waals surface area contributed by atoms with E-state index in [9.17, 15) is 8.42 Å². The van der Waals surface area contributed by atoms with Crippen LogP contribution in [0.25, 0.3) is 11.1 Å². The van der Waals surface area contributed by atoms with Gasteiger partial charge in [0.1, 0.15) is 0 Å². The zero-order chi connectivity index (χ0) is 16.2. The number of sulfonamides is 1. The molecule has 1 heterocycles. The van der Waals surface area contributed by atoms with Crippen LogP contribution in [0.3, 0.4) is 0 Å². The second-order valence-corrected chi connectivity index (χ2v) is 8.47. The lowest BCUT2D eigenvalue weighted by molar-refractivity contribution is 0.554. The quantitative estimate of drug-likeness (QED) is 0.821. The molecule has 0 spiro atoms. The number of nitrogens with one attached hydrogen (secondary N) is 1. The van der Waals surface area contributed by atoms with Crippen LogP contribution in [0.2, 0.25) is 0 Å². The lowest BCUT2D eigenvalue weighted by Gasteiger charge is -2.21. The molecule has 0 aliphatic heterocycles. The fraction of sp³-hybridized carbons (Fsp3) is 0.412. The van der Waals surface area contributed by atoms with Gasteiger partial charge in [-0.05, 0) is 52.8 Å². The Hall–Kier alpha value is -1.17. The van der Waals surface area contributed by atoms with Crippen molar-refractivity contribution in [1.82, 2.24) is 4.72 Å². The molecule has 0 amide bonds. The van der Waals surface area contributed by atoms with Crippen LogP contribution < -0.4 is 4.72 Å². The molecule has 0 bridgehead atoms. The average Bonchev–Trinajstić information content (AvgIpc) is 3.06. The number of rotatable bonds is 7. The molecule has 2 rings (SSSR count). The third kappa shape index (κ3) is 3.97. The third-order valence-electron chi connectivity index (χ3n) is 4.04. The van der Waals surface area contributed by atoms with Crippen molar-refractivity contribution in [3.05, 3.63) is 46.7 Å². The van der Waals surface area contributed by atoms with E-state index in [-0.39, 0.29) is 5.92 Å². The first-order valence-corrected chi connectivity index (χ1v) is 10.1. The summed E-state index contributed by atoms with van der Waals surface area (Å²) in [6, 6.07) is 10.3. The minimum atomic E-state index is -3.27. The molecule has 2 unspecified atom stereocenters. The van der Waals surface area contributed by atoms with E-state index in [2.05, 4.69) is 33.7 Å². The van der Waals surface area contributed by atoms with Gasteiger partial charge in [-0.3, -0.25) is 0 Å². The summed E-state index contributed by atoms with van der Waals surface area (Å²) in [6.45, 7) is 6.20. The molecule has 0 saturated heterocycles. The SMILES string of the molecule is CCCNS(=O)(=O)C(C)C(C)c1ccc(-c2ccsc2)cc1. The fourth-order valence-electron chi connectivity index (χ4n) is 2.32. The summed E-state index contributed by atoms with van der Waals surface area (Å²) in [7, 11) is -3.27. The van der Waals surface area contributed by atoms with Gasteiger partial charge in [-0.15, -0.1) is 0 Å². The first-order valence-electron chi connectivity index (χ1n) is 7.56. The van der Waals surface area contributed by atoms with E-state index in [1.807, 2.05) is 26.0 Å². The van der Waals surface area contributed by atoms with Crippen molar-refractivity contribution >= 4 is 21.4 Å². The van der Waals surface area contributed by atoms with Crippen molar-refractivity contribution in [1.29, 1.82) is 0 Å². The molecular weight excluding hydrogens is 314 g/mol. The van der Waals surface area contributed by atoms with Gasteiger partial charge >= 0.3 is 0 Å². The molecule has 22 heavy (non-hydrogen) atoms. The molecule has 0 aliphatic rings. The Kier molecular flexibility index (Phi) is 5.78. The number of hydrogen-bond acceptors (Lipinski definition) is 3. The summed E-state index contributed by atoms with van der Waals surface area (Å²) in [4.78, 5) is 0. The van der Waals surface area contributed by atoms with Crippen molar-refractivity contribution in [2.24, 2.45) is 0 Å². The highest BCUT2D eigenvalue weighted by molar-refractivity contribution is 7.90. The first-order chi connectivity index (χ1) is 10.5. The highest BCUT2D eigenvalue weighted by Crippen LogP contribution is 2.27. The molecule has 1 N–H and O–H groups in total. The van der Waals surface area contributed by atoms with E-state index in [1.165, 1.54) is 5.56 Å². The Balaban J connectivity index is 2.14. The predicted octanol–water partition coefficient (Wildman–Crippen LogP) is 4.24. The third-order valence-corrected chi connectivity index (χ3v) is 6.71. The normalized spacial score (nSPS) is 14.7. The lowest BCUT2D eigenvalue weighted by atomic mass is 9.96. The molecule has 0 fully saturated rings. The van der Waals surface area contributed by atoms with E-state index in [0.717, 1.165) is 17.5 Å². The minimum Gasteiger partial charge on any atom is -0.215 e. The standard InChI is InChI=1S/C17H23NO2S2/c1-4-10-18-22(19,20)14(3)13(2)15-5-7-16(8-6-15)17-9-11-21-12-17/h5-9,11-14,18H,4,10H2,1-3H3. The molecule has 1 aromatic carbocycles. The fourth-order valence-corrected chi connectivity index (χ4v) is 4.43. The van der Waals surface area contributed by atoms with Gasteiger partial charge in [0.15, 0.2) is 0 Å². The van der Waals surface area contributed by atoms with Gasteiger partial charge in [-0.25, -0.2) is 13.1 Å². The smallest absolute Gasteiger partial charge is 0.214 e. The van der Waals surface area contributed by atoms with Crippen LogP contribution in [0, 0.1) is 0 Å². The molecule has 2 atom stereocenters. The van der Waals surface area contributed by atoms with Gasteiger partial charge in [0.25, 0.3) is 0 Å². The van der Waals surface area contributed by atoms with Crippen LogP contribution >= 0.6 is 11.3 Å². The van der Waals surface area contributed by atoms with Crippen molar-refractivity contribution in [2.75, 3.05) is 6.54 Å². The maximum absolute atomic E-state index is 12.2. The highest BCUT2D eigenvalue weighted by Gasteiger charge is 2.26. The van der Waals surface area contributed by atoms with Gasteiger partial charge in [-0.1, -0.05) is 38.1 Å². The van der Waals surface area contributed by atoms with Crippen LogP contribution in [0.1, 0.15) is 38.7 Å². The Morgan fingerprint density at radius 3 is 2.32 bits per heavy atom. The minimum absolute atomic E-state index is 0.0501. The maximum atomic E-state index is 12.2. The average molecular weight is 338 g/mol. The van der Waals surface area contributed by atoms with Gasteiger partial charge in [-0.2, -0.15) is 11.3 Å². The monoisotopic (exact) mass is 337 g/mol. The van der Waals surface area contributed by atoms with E-state index in [1.54, 1.807) is 18.3 Å². The summed E-state index contributed by atoms with van der Waals surface area (Å²) < 4.78 is 27.2. The van der Waals surface area contributed by atoms with Crippen LogP contribution in [0.15, 0.2) is 41.1 Å². The Morgan fingerprint density at radius 2 is 1.77 bits per heavy atom. The largest absolute Gasteiger partial charge is 0.215 e. The summed E-state index contributed by atoms with van der Waals surface area (Å²) >= 11 is 1.67. The summed E-state index contributed by atoms with van der Waals surface area (Å²) in [6.07, 6.45) is 0.801. The molecule has 1 aromatic heterocycles. The Bertz CT molecular complexity index is 676. The molecular formula is C17H23NO2S2. The van der Waals surface area contributed by atoms with Gasteiger partial charge in [0, 0.05) is 6.54 Å². The van der Waals surface area contributed by atoms with E-state index in [0.29, 0.717) is 6.54 Å². The van der Waals surface area contributed by atoms with Crippen molar-refractivity contribution < 1.29 is 8.42 Å².